The van der Waals surface area contributed by atoms with Crippen LogP contribution in [0.5, 0.6) is 0 Å². The van der Waals surface area contributed by atoms with E-state index in [4.69, 9.17) is 5.73 Å². The Morgan fingerprint density at radius 1 is 1.11 bits per heavy atom. The highest BCUT2D eigenvalue weighted by Gasteiger charge is 2.26. The topological polar surface area (TPSA) is 26.0 Å². The zero-order valence-electron chi connectivity index (χ0n) is 14.0. The van der Waals surface area contributed by atoms with Crippen LogP contribution >= 0.6 is 22.6 Å². The van der Waals surface area contributed by atoms with Gasteiger partial charge in [0.05, 0.1) is 0 Å². The van der Waals surface area contributed by atoms with Crippen molar-refractivity contribution < 1.29 is 0 Å². The highest BCUT2D eigenvalue weighted by molar-refractivity contribution is 14.1. The van der Waals surface area contributed by atoms with Crippen molar-refractivity contribution in [2.75, 3.05) is 6.54 Å². The Labute approximate surface area is 135 Å². The van der Waals surface area contributed by atoms with Gasteiger partial charge in [0.25, 0.3) is 0 Å². The van der Waals surface area contributed by atoms with E-state index < -0.39 is 0 Å². The number of halogens is 1. The van der Waals surface area contributed by atoms with Crippen LogP contribution in [0.2, 0.25) is 0 Å². The largest absolute Gasteiger partial charge is 0.330 e. The van der Waals surface area contributed by atoms with E-state index in [0.29, 0.717) is 11.3 Å². The van der Waals surface area contributed by atoms with Gasteiger partial charge in [-0.3, -0.25) is 0 Å². The summed E-state index contributed by atoms with van der Waals surface area (Å²) in [5.41, 5.74) is 6.46. The summed E-state index contributed by atoms with van der Waals surface area (Å²) in [5, 5.41) is 0. The number of rotatable bonds is 10. The lowest BCUT2D eigenvalue weighted by Gasteiger charge is -2.32. The molecule has 0 saturated heterocycles. The van der Waals surface area contributed by atoms with Crippen molar-refractivity contribution in [3.8, 4) is 0 Å². The van der Waals surface area contributed by atoms with E-state index in [1.54, 1.807) is 0 Å². The lowest BCUT2D eigenvalue weighted by Crippen LogP contribution is -2.27. The molecule has 0 bridgehead atoms. The molecule has 0 heterocycles. The molecule has 19 heavy (non-hydrogen) atoms. The average Bonchev–Trinajstić information content (AvgIpc) is 2.26. The summed E-state index contributed by atoms with van der Waals surface area (Å²) < 4.78 is 0.810. The summed E-state index contributed by atoms with van der Waals surface area (Å²) in [6.45, 7) is 15.0. The molecule has 0 rings (SSSR count). The number of hydrogen-bond acceptors (Lipinski definition) is 1. The number of nitrogens with two attached hydrogens (primary N) is 1. The summed E-state index contributed by atoms with van der Waals surface area (Å²) in [6, 6.07) is 0. The Balaban J connectivity index is 4.34. The zero-order chi connectivity index (χ0) is 15.1. The Bertz CT molecular complexity index is 225. The lowest BCUT2D eigenvalue weighted by molar-refractivity contribution is 0.203. The average molecular weight is 381 g/mol. The first-order valence-corrected chi connectivity index (χ1v) is 9.30. The highest BCUT2D eigenvalue weighted by atomic mass is 127. The van der Waals surface area contributed by atoms with Gasteiger partial charge < -0.3 is 5.73 Å². The minimum absolute atomic E-state index is 0.434. The van der Waals surface area contributed by atoms with Crippen molar-refractivity contribution in [2.45, 2.75) is 77.6 Å². The van der Waals surface area contributed by atoms with E-state index in [1.807, 2.05) is 0 Å². The van der Waals surface area contributed by atoms with Crippen LogP contribution in [0.1, 0.15) is 73.6 Å². The van der Waals surface area contributed by atoms with Crippen LogP contribution in [-0.4, -0.2) is 10.5 Å². The van der Waals surface area contributed by atoms with E-state index in [-0.39, 0.29) is 0 Å². The normalized spacial score (nSPS) is 17.5. The fourth-order valence-corrected chi connectivity index (χ4v) is 4.38. The van der Waals surface area contributed by atoms with Crippen molar-refractivity contribution >= 4 is 22.6 Å². The third-order valence-electron chi connectivity index (χ3n) is 4.02. The van der Waals surface area contributed by atoms with Crippen LogP contribution in [0, 0.1) is 23.2 Å². The molecular weight excluding hydrogens is 345 g/mol. The van der Waals surface area contributed by atoms with E-state index in [2.05, 4.69) is 64.1 Å². The van der Waals surface area contributed by atoms with Gasteiger partial charge in [-0.25, -0.2) is 0 Å². The molecule has 0 fully saturated rings. The van der Waals surface area contributed by atoms with Gasteiger partial charge >= 0.3 is 0 Å². The van der Waals surface area contributed by atoms with Crippen molar-refractivity contribution in [1.82, 2.24) is 0 Å². The van der Waals surface area contributed by atoms with Crippen LogP contribution in [0.25, 0.3) is 0 Å². The monoisotopic (exact) mass is 381 g/mol. The van der Waals surface area contributed by atoms with E-state index >= 15 is 0 Å². The van der Waals surface area contributed by atoms with Crippen LogP contribution in [0.4, 0.5) is 0 Å². The lowest BCUT2D eigenvalue weighted by atomic mass is 9.74. The number of hydrogen-bond donors (Lipinski definition) is 1. The molecule has 1 nitrogen and oxygen atoms in total. The first-order chi connectivity index (χ1) is 8.71. The molecule has 0 aliphatic rings. The van der Waals surface area contributed by atoms with Crippen molar-refractivity contribution in [1.29, 1.82) is 0 Å². The van der Waals surface area contributed by atoms with E-state index in [1.165, 1.54) is 32.1 Å². The van der Waals surface area contributed by atoms with E-state index in [9.17, 15) is 0 Å². The summed E-state index contributed by atoms with van der Waals surface area (Å²) in [6.07, 6.45) is 6.52. The molecule has 0 aromatic carbocycles. The first-order valence-electron chi connectivity index (χ1n) is 8.06. The minimum atomic E-state index is 0.434. The molecule has 2 N–H and O–H groups in total. The highest BCUT2D eigenvalue weighted by Crippen LogP contribution is 2.35. The van der Waals surface area contributed by atoms with Gasteiger partial charge in [-0.15, -0.1) is 0 Å². The molecular formula is C17H36IN. The SMILES string of the molecule is CCCC(I)C(C)CC(CN)CC(C)(C)CC(C)C. The molecule has 0 aromatic rings. The first kappa shape index (κ1) is 19.7. The maximum Gasteiger partial charge on any atom is 0.0135 e. The second-order valence-corrected chi connectivity index (χ2v) is 9.19. The van der Waals surface area contributed by atoms with Gasteiger partial charge in [-0.05, 0) is 55.4 Å². The molecule has 0 aromatic heterocycles. The van der Waals surface area contributed by atoms with Gasteiger partial charge in [0, 0.05) is 3.92 Å². The summed E-state index contributed by atoms with van der Waals surface area (Å²) >= 11 is 2.63. The maximum absolute atomic E-state index is 6.03. The zero-order valence-corrected chi connectivity index (χ0v) is 16.2. The van der Waals surface area contributed by atoms with E-state index in [0.717, 1.165) is 22.3 Å². The fourth-order valence-electron chi connectivity index (χ4n) is 3.47. The van der Waals surface area contributed by atoms with Crippen molar-refractivity contribution in [3.63, 3.8) is 0 Å². The molecule has 0 spiro atoms. The van der Waals surface area contributed by atoms with Gasteiger partial charge in [-0.2, -0.15) is 0 Å². The van der Waals surface area contributed by atoms with Gasteiger partial charge in [0.15, 0.2) is 0 Å². The smallest absolute Gasteiger partial charge is 0.0135 e. The second-order valence-electron chi connectivity index (χ2n) is 7.59. The summed E-state index contributed by atoms with van der Waals surface area (Å²) in [4.78, 5) is 0. The fraction of sp³-hybridized carbons (Fsp3) is 1.00. The van der Waals surface area contributed by atoms with Gasteiger partial charge in [0.2, 0.25) is 0 Å². The van der Waals surface area contributed by atoms with Crippen LogP contribution < -0.4 is 5.73 Å². The standard InChI is InChI=1S/C17H36IN/c1-7-8-16(18)14(4)9-15(12-19)11-17(5,6)10-13(2)3/h13-16H,7-12,19H2,1-6H3. The van der Waals surface area contributed by atoms with Gasteiger partial charge in [-0.1, -0.05) is 70.6 Å². The Kier molecular flexibility index (Phi) is 9.94. The van der Waals surface area contributed by atoms with Crippen molar-refractivity contribution in [3.05, 3.63) is 0 Å². The molecule has 0 amide bonds. The second kappa shape index (κ2) is 9.59. The third-order valence-corrected chi connectivity index (χ3v) is 5.87. The maximum atomic E-state index is 6.03. The Morgan fingerprint density at radius 2 is 1.68 bits per heavy atom. The Hall–Kier alpha value is 0.690. The quantitative estimate of drug-likeness (QED) is 0.384. The predicted molar refractivity (Wildman–Crippen MR) is 96.9 cm³/mol. The Morgan fingerprint density at radius 3 is 2.11 bits per heavy atom. The van der Waals surface area contributed by atoms with Crippen LogP contribution in [0.3, 0.4) is 0 Å². The molecule has 116 valence electrons. The van der Waals surface area contributed by atoms with Crippen LogP contribution in [-0.2, 0) is 0 Å². The summed E-state index contributed by atoms with van der Waals surface area (Å²) in [7, 11) is 0. The molecule has 2 heteroatoms. The van der Waals surface area contributed by atoms with Crippen LogP contribution in [0.15, 0.2) is 0 Å². The molecule has 0 aliphatic carbocycles. The summed E-state index contributed by atoms with van der Waals surface area (Å²) in [5.74, 6) is 2.27. The third kappa shape index (κ3) is 9.28. The van der Waals surface area contributed by atoms with Gasteiger partial charge in [0.1, 0.15) is 0 Å². The minimum Gasteiger partial charge on any atom is -0.330 e. The molecule has 3 unspecified atom stereocenters. The predicted octanol–water partition coefficient (Wildman–Crippen LogP) is 5.65. The van der Waals surface area contributed by atoms with Crippen molar-refractivity contribution in [2.24, 2.45) is 28.9 Å². The number of alkyl halides is 1. The molecule has 0 saturated carbocycles. The molecule has 3 atom stereocenters. The molecule has 0 radical (unpaired) electrons. The molecule has 0 aliphatic heterocycles.